The lowest BCUT2D eigenvalue weighted by Gasteiger charge is -2.04. The number of hydrogen-bond donors (Lipinski definition) is 0. The third kappa shape index (κ3) is 2.16. The monoisotopic (exact) mass is 188 g/mol. The molecular formula is C9H8N4O. The molecule has 0 spiro atoms. The molecule has 0 bridgehead atoms. The topological polar surface area (TPSA) is 81.8 Å². The van der Waals surface area contributed by atoms with Crippen molar-refractivity contribution in [3.05, 3.63) is 34.2 Å². The van der Waals surface area contributed by atoms with Gasteiger partial charge in [0, 0.05) is 10.6 Å². The molecule has 70 valence electrons. The van der Waals surface area contributed by atoms with Gasteiger partial charge >= 0.3 is 0 Å². The van der Waals surface area contributed by atoms with E-state index >= 15 is 0 Å². The minimum Gasteiger partial charge on any atom is -0.492 e. The molecule has 1 rings (SSSR count). The predicted molar refractivity (Wildman–Crippen MR) is 51.1 cm³/mol. The van der Waals surface area contributed by atoms with E-state index in [9.17, 15) is 0 Å². The molecule has 1 aromatic carbocycles. The molecule has 0 aromatic heterocycles. The maximum Gasteiger partial charge on any atom is 0.137 e. The number of azide groups is 1. The van der Waals surface area contributed by atoms with Gasteiger partial charge in [0.2, 0.25) is 0 Å². The smallest absolute Gasteiger partial charge is 0.137 e. The lowest BCUT2D eigenvalue weighted by Crippen LogP contribution is -1.93. The second kappa shape index (κ2) is 4.75. The van der Waals surface area contributed by atoms with E-state index in [4.69, 9.17) is 15.5 Å². The zero-order valence-corrected chi connectivity index (χ0v) is 7.64. The van der Waals surface area contributed by atoms with Gasteiger partial charge in [-0.05, 0) is 24.6 Å². The summed E-state index contributed by atoms with van der Waals surface area (Å²) in [5.41, 5.74) is 9.09. The molecule has 0 saturated heterocycles. The summed E-state index contributed by atoms with van der Waals surface area (Å²) >= 11 is 0. The molecule has 14 heavy (non-hydrogen) atoms. The van der Waals surface area contributed by atoms with Crippen molar-refractivity contribution in [3.63, 3.8) is 0 Å². The van der Waals surface area contributed by atoms with Crippen LogP contribution in [0.4, 0.5) is 5.69 Å². The molecule has 0 heterocycles. The van der Waals surface area contributed by atoms with E-state index in [1.54, 1.807) is 18.2 Å². The molecule has 0 saturated carbocycles. The summed E-state index contributed by atoms with van der Waals surface area (Å²) in [6, 6.07) is 6.67. The summed E-state index contributed by atoms with van der Waals surface area (Å²) in [6.07, 6.45) is 0. The Morgan fingerprint density at radius 1 is 1.64 bits per heavy atom. The third-order valence-corrected chi connectivity index (χ3v) is 1.55. The summed E-state index contributed by atoms with van der Waals surface area (Å²) in [5, 5.41) is 12.1. The van der Waals surface area contributed by atoms with Crippen LogP contribution in [0, 0.1) is 11.3 Å². The Kier molecular flexibility index (Phi) is 3.36. The van der Waals surface area contributed by atoms with Gasteiger partial charge in [0.15, 0.2) is 0 Å². The molecule has 0 amide bonds. The van der Waals surface area contributed by atoms with Gasteiger partial charge in [-0.15, -0.1) is 0 Å². The highest BCUT2D eigenvalue weighted by Gasteiger charge is 2.02. The molecule has 1 aromatic rings. The van der Waals surface area contributed by atoms with Gasteiger partial charge < -0.3 is 4.74 Å². The largest absolute Gasteiger partial charge is 0.492 e. The molecular weight excluding hydrogens is 180 g/mol. The average Bonchev–Trinajstić information content (AvgIpc) is 2.19. The minimum atomic E-state index is 0.434. The van der Waals surface area contributed by atoms with Crippen LogP contribution >= 0.6 is 0 Å². The predicted octanol–water partition coefficient (Wildman–Crippen LogP) is 2.90. The second-order valence-electron chi connectivity index (χ2n) is 2.41. The van der Waals surface area contributed by atoms with E-state index < -0.39 is 0 Å². The molecule has 5 nitrogen and oxygen atoms in total. The maximum atomic E-state index is 8.73. The van der Waals surface area contributed by atoms with Gasteiger partial charge in [-0.25, -0.2) is 0 Å². The number of nitriles is 1. The molecule has 0 atom stereocenters. The quantitative estimate of drug-likeness (QED) is 0.415. The number of ether oxygens (including phenoxy) is 1. The summed E-state index contributed by atoms with van der Waals surface area (Å²) in [7, 11) is 0. The summed E-state index contributed by atoms with van der Waals surface area (Å²) in [6.45, 7) is 2.29. The summed E-state index contributed by atoms with van der Waals surface area (Å²) in [4.78, 5) is 2.65. The van der Waals surface area contributed by atoms with E-state index in [1.165, 1.54) is 0 Å². The van der Waals surface area contributed by atoms with Crippen LogP contribution in [0.5, 0.6) is 5.75 Å². The maximum absolute atomic E-state index is 8.73. The van der Waals surface area contributed by atoms with Crippen LogP contribution in [0.1, 0.15) is 12.5 Å². The molecule has 0 N–H and O–H groups in total. The Labute approximate surface area is 81.2 Å². The zero-order chi connectivity index (χ0) is 10.4. The first kappa shape index (κ1) is 9.90. The van der Waals surface area contributed by atoms with Crippen molar-refractivity contribution in [1.29, 1.82) is 5.26 Å². The number of nitrogens with zero attached hydrogens (tertiary/aromatic N) is 4. The first-order valence-corrected chi connectivity index (χ1v) is 4.04. The van der Waals surface area contributed by atoms with E-state index in [0.717, 1.165) is 0 Å². The minimum absolute atomic E-state index is 0.434. The van der Waals surface area contributed by atoms with Crippen molar-refractivity contribution in [3.8, 4) is 11.8 Å². The highest BCUT2D eigenvalue weighted by atomic mass is 16.5. The molecule has 5 heteroatoms. The van der Waals surface area contributed by atoms with Crippen LogP contribution < -0.4 is 4.74 Å². The van der Waals surface area contributed by atoms with Crippen molar-refractivity contribution in [2.75, 3.05) is 6.61 Å². The van der Waals surface area contributed by atoms with Crippen LogP contribution in [0.2, 0.25) is 0 Å². The van der Waals surface area contributed by atoms with Crippen LogP contribution in [0.3, 0.4) is 0 Å². The van der Waals surface area contributed by atoms with Crippen LogP contribution in [0.25, 0.3) is 10.4 Å². The molecule has 0 radical (unpaired) electrons. The van der Waals surface area contributed by atoms with Gasteiger partial charge in [0.25, 0.3) is 0 Å². The number of benzene rings is 1. The van der Waals surface area contributed by atoms with E-state index in [2.05, 4.69) is 10.0 Å². The first-order valence-electron chi connectivity index (χ1n) is 4.04. The fraction of sp³-hybridized carbons (Fsp3) is 0.222. The van der Waals surface area contributed by atoms with Crippen molar-refractivity contribution < 1.29 is 4.74 Å². The lowest BCUT2D eigenvalue weighted by atomic mass is 10.2. The Morgan fingerprint density at radius 3 is 3.00 bits per heavy atom. The third-order valence-electron chi connectivity index (χ3n) is 1.55. The number of hydrogen-bond acceptors (Lipinski definition) is 3. The van der Waals surface area contributed by atoms with E-state index in [1.807, 2.05) is 13.0 Å². The van der Waals surface area contributed by atoms with Crippen molar-refractivity contribution in [1.82, 2.24) is 0 Å². The highest BCUT2D eigenvalue weighted by molar-refractivity contribution is 5.52. The van der Waals surface area contributed by atoms with Crippen molar-refractivity contribution in [2.45, 2.75) is 6.92 Å². The van der Waals surface area contributed by atoms with E-state index in [0.29, 0.717) is 23.6 Å². The van der Waals surface area contributed by atoms with Crippen LogP contribution in [-0.2, 0) is 0 Å². The summed E-state index contributed by atoms with van der Waals surface area (Å²) in [5.74, 6) is 0.444. The summed E-state index contributed by atoms with van der Waals surface area (Å²) < 4.78 is 5.21. The average molecular weight is 188 g/mol. The zero-order valence-electron chi connectivity index (χ0n) is 7.64. The molecule has 0 aliphatic carbocycles. The second-order valence-corrected chi connectivity index (χ2v) is 2.41. The van der Waals surface area contributed by atoms with Gasteiger partial charge in [-0.2, -0.15) is 5.26 Å². The van der Waals surface area contributed by atoms with Gasteiger partial charge in [-0.1, -0.05) is 11.2 Å². The van der Waals surface area contributed by atoms with Gasteiger partial charge in [0.05, 0.1) is 12.2 Å². The SMILES string of the molecule is CCOc1cc(N=[N+]=[N-])ccc1C#N. The molecule has 0 fully saturated rings. The van der Waals surface area contributed by atoms with E-state index in [-0.39, 0.29) is 0 Å². The first-order chi connectivity index (χ1) is 6.81. The van der Waals surface area contributed by atoms with Gasteiger partial charge in [0.1, 0.15) is 11.8 Å². The highest BCUT2D eigenvalue weighted by Crippen LogP contribution is 2.24. The standard InChI is InChI=1S/C9H8N4O/c1-2-14-9-5-8(12-13-11)4-3-7(9)6-10/h3-5H,2H2,1H3. The molecule has 0 aliphatic rings. The number of rotatable bonds is 3. The van der Waals surface area contributed by atoms with Gasteiger partial charge in [-0.3, -0.25) is 0 Å². The Bertz CT molecular complexity index is 415. The van der Waals surface area contributed by atoms with Crippen molar-refractivity contribution >= 4 is 5.69 Å². The normalized spacial score (nSPS) is 8.57. The molecule has 0 unspecified atom stereocenters. The Morgan fingerprint density at radius 2 is 2.43 bits per heavy atom. The molecule has 0 aliphatic heterocycles. The lowest BCUT2D eigenvalue weighted by molar-refractivity contribution is 0.339. The van der Waals surface area contributed by atoms with Crippen LogP contribution in [0.15, 0.2) is 23.3 Å². The Balaban J connectivity index is 3.14. The van der Waals surface area contributed by atoms with Crippen molar-refractivity contribution in [2.24, 2.45) is 5.11 Å². The Hall–Kier alpha value is -2.18. The van der Waals surface area contributed by atoms with Crippen LogP contribution in [-0.4, -0.2) is 6.61 Å². The fourth-order valence-electron chi connectivity index (χ4n) is 0.992. The fourth-order valence-corrected chi connectivity index (χ4v) is 0.992.